The Balaban J connectivity index is 2.40. The summed E-state index contributed by atoms with van der Waals surface area (Å²) < 4.78 is 5.17. The molecule has 1 aromatic rings. The van der Waals surface area contributed by atoms with Gasteiger partial charge in [0.2, 0.25) is 5.90 Å². The van der Waals surface area contributed by atoms with Gasteiger partial charge in [-0.3, -0.25) is 5.41 Å². The quantitative estimate of drug-likeness (QED) is 0.613. The molecule has 4 heteroatoms. The summed E-state index contributed by atoms with van der Waals surface area (Å²) in [6, 6.07) is 7.68. The Morgan fingerprint density at radius 3 is 3.06 bits per heavy atom. The van der Waals surface area contributed by atoms with Gasteiger partial charge in [0.1, 0.15) is 0 Å². The van der Waals surface area contributed by atoms with E-state index in [4.69, 9.17) is 10.1 Å². The van der Waals surface area contributed by atoms with Crippen molar-refractivity contribution in [3.8, 4) is 0 Å². The molecule has 0 spiro atoms. The fraction of sp³-hybridized carbons (Fsp3) is 0.417. The second-order valence-electron chi connectivity index (χ2n) is 3.72. The highest BCUT2D eigenvalue weighted by molar-refractivity contribution is 7.99. The molecular weight excluding hydrogens is 222 g/mol. The van der Waals surface area contributed by atoms with Crippen molar-refractivity contribution in [2.45, 2.75) is 23.8 Å². The highest BCUT2D eigenvalue weighted by Crippen LogP contribution is 2.40. The van der Waals surface area contributed by atoms with Crippen LogP contribution >= 0.6 is 11.8 Å². The van der Waals surface area contributed by atoms with Crippen LogP contribution < -0.4 is 0 Å². The van der Waals surface area contributed by atoms with Crippen LogP contribution in [-0.2, 0) is 10.3 Å². The van der Waals surface area contributed by atoms with Crippen LogP contribution in [0.25, 0.3) is 0 Å². The second-order valence-corrected chi connectivity index (χ2v) is 4.85. The van der Waals surface area contributed by atoms with E-state index in [1.54, 1.807) is 11.8 Å². The predicted molar refractivity (Wildman–Crippen MR) is 65.0 cm³/mol. The van der Waals surface area contributed by atoms with Crippen molar-refractivity contribution in [2.75, 3.05) is 12.4 Å². The van der Waals surface area contributed by atoms with Crippen LogP contribution in [0, 0.1) is 5.41 Å². The van der Waals surface area contributed by atoms with Gasteiger partial charge in [-0.2, -0.15) is 0 Å². The van der Waals surface area contributed by atoms with E-state index < -0.39 is 5.60 Å². The second kappa shape index (κ2) is 4.47. The van der Waals surface area contributed by atoms with E-state index >= 15 is 0 Å². The van der Waals surface area contributed by atoms with Crippen molar-refractivity contribution in [2.24, 2.45) is 0 Å². The normalized spacial score (nSPS) is 23.6. The highest BCUT2D eigenvalue weighted by Gasteiger charge is 2.40. The summed E-state index contributed by atoms with van der Waals surface area (Å²) in [5, 5.41) is 18.4. The fourth-order valence-corrected chi connectivity index (χ4v) is 3.06. The molecular formula is C12H15NO2S. The minimum atomic E-state index is -1.24. The first kappa shape index (κ1) is 11.5. The van der Waals surface area contributed by atoms with Crippen molar-refractivity contribution in [1.29, 1.82) is 5.41 Å². The van der Waals surface area contributed by atoms with Crippen molar-refractivity contribution in [3.05, 3.63) is 29.8 Å². The first-order valence-electron chi connectivity index (χ1n) is 5.35. The monoisotopic (exact) mass is 237 g/mol. The van der Waals surface area contributed by atoms with Gasteiger partial charge in [0.15, 0.2) is 5.60 Å². The van der Waals surface area contributed by atoms with Crippen LogP contribution in [0.3, 0.4) is 0 Å². The van der Waals surface area contributed by atoms with Gasteiger partial charge in [0.05, 0.1) is 6.61 Å². The number of aliphatic hydroxyl groups is 1. The number of thioether (sulfide) groups is 1. The maximum Gasteiger partial charge on any atom is 0.218 e. The van der Waals surface area contributed by atoms with Crippen molar-refractivity contribution in [3.63, 3.8) is 0 Å². The molecule has 0 saturated carbocycles. The zero-order valence-corrected chi connectivity index (χ0v) is 10.0. The Bertz CT molecular complexity index is 408. The van der Waals surface area contributed by atoms with Crippen molar-refractivity contribution in [1.82, 2.24) is 0 Å². The van der Waals surface area contributed by atoms with Crippen LogP contribution in [0.2, 0.25) is 0 Å². The average molecular weight is 237 g/mol. The molecule has 1 heterocycles. The third kappa shape index (κ3) is 1.83. The number of benzene rings is 1. The van der Waals surface area contributed by atoms with E-state index in [0.29, 0.717) is 13.0 Å². The molecule has 2 N–H and O–H groups in total. The number of hydrogen-bond acceptors (Lipinski definition) is 4. The topological polar surface area (TPSA) is 53.3 Å². The van der Waals surface area contributed by atoms with Gasteiger partial charge in [0.25, 0.3) is 0 Å². The Morgan fingerprint density at radius 1 is 1.56 bits per heavy atom. The average Bonchev–Trinajstić information content (AvgIpc) is 2.30. The molecule has 2 rings (SSSR count). The molecule has 1 unspecified atom stereocenters. The molecule has 0 amide bonds. The summed E-state index contributed by atoms with van der Waals surface area (Å²) >= 11 is 1.71. The number of ether oxygens (including phenoxy) is 1. The van der Waals surface area contributed by atoms with Crippen molar-refractivity contribution < 1.29 is 9.84 Å². The summed E-state index contributed by atoms with van der Waals surface area (Å²) in [6.07, 6.45) is 0.535. The van der Waals surface area contributed by atoms with Gasteiger partial charge >= 0.3 is 0 Å². The first-order valence-corrected chi connectivity index (χ1v) is 6.33. The third-order valence-electron chi connectivity index (χ3n) is 2.72. The number of rotatable bonds is 2. The van der Waals surface area contributed by atoms with Crippen molar-refractivity contribution >= 4 is 17.7 Å². The molecule has 0 saturated heterocycles. The van der Waals surface area contributed by atoms with Crippen LogP contribution in [-0.4, -0.2) is 23.4 Å². The SMILES string of the molecule is CCOC(=N)C1(O)CCSc2ccccc21. The fourth-order valence-electron chi connectivity index (χ4n) is 1.88. The van der Waals surface area contributed by atoms with Crippen LogP contribution in [0.5, 0.6) is 0 Å². The standard InChI is InChI=1S/C12H15NO2S/c1-2-15-11(13)12(14)7-8-16-10-6-4-3-5-9(10)12/h3-6,13-14H,2,7-8H2,1H3. The molecule has 0 bridgehead atoms. The van der Waals surface area contributed by atoms with Crippen LogP contribution in [0.4, 0.5) is 0 Å². The van der Waals surface area contributed by atoms with Crippen LogP contribution in [0.15, 0.2) is 29.2 Å². The van der Waals surface area contributed by atoms with E-state index in [9.17, 15) is 5.11 Å². The number of hydrogen-bond donors (Lipinski definition) is 2. The Morgan fingerprint density at radius 2 is 2.31 bits per heavy atom. The van der Waals surface area contributed by atoms with Gasteiger partial charge in [-0.25, -0.2) is 0 Å². The molecule has 16 heavy (non-hydrogen) atoms. The molecule has 3 nitrogen and oxygen atoms in total. The lowest BCUT2D eigenvalue weighted by molar-refractivity contribution is 0.0696. The van der Waals surface area contributed by atoms with Gasteiger partial charge in [-0.05, 0) is 19.4 Å². The third-order valence-corrected chi connectivity index (χ3v) is 3.79. The predicted octanol–water partition coefficient (Wildman–Crippen LogP) is 2.38. The van der Waals surface area contributed by atoms with E-state index in [0.717, 1.165) is 16.2 Å². The van der Waals surface area contributed by atoms with Gasteiger partial charge in [0, 0.05) is 16.2 Å². The van der Waals surface area contributed by atoms with E-state index in [1.165, 1.54) is 0 Å². The van der Waals surface area contributed by atoms with Gasteiger partial charge < -0.3 is 9.84 Å². The Kier molecular flexibility index (Phi) is 3.21. The molecule has 86 valence electrons. The zero-order valence-electron chi connectivity index (χ0n) is 9.19. The van der Waals surface area contributed by atoms with E-state index in [1.807, 2.05) is 31.2 Å². The number of fused-ring (bicyclic) bond motifs is 1. The lowest BCUT2D eigenvalue weighted by atomic mass is 9.90. The summed E-state index contributed by atoms with van der Waals surface area (Å²) in [5.41, 5.74) is -0.442. The van der Waals surface area contributed by atoms with E-state index in [-0.39, 0.29) is 5.90 Å². The zero-order chi connectivity index (χ0) is 11.6. The highest BCUT2D eigenvalue weighted by atomic mass is 32.2. The smallest absolute Gasteiger partial charge is 0.218 e. The minimum Gasteiger partial charge on any atom is -0.479 e. The van der Waals surface area contributed by atoms with Gasteiger partial charge in [-0.15, -0.1) is 11.8 Å². The largest absolute Gasteiger partial charge is 0.479 e. The summed E-state index contributed by atoms with van der Waals surface area (Å²) in [7, 11) is 0. The van der Waals surface area contributed by atoms with Crippen LogP contribution in [0.1, 0.15) is 18.9 Å². The summed E-state index contributed by atoms with van der Waals surface area (Å²) in [6.45, 7) is 2.23. The molecule has 0 aliphatic carbocycles. The first-order chi connectivity index (χ1) is 7.68. The molecule has 1 aliphatic rings. The molecule has 0 aromatic heterocycles. The maximum absolute atomic E-state index is 10.6. The molecule has 1 atom stereocenters. The minimum absolute atomic E-state index is 0.0391. The van der Waals surface area contributed by atoms with Gasteiger partial charge in [-0.1, -0.05) is 18.2 Å². The molecule has 0 fully saturated rings. The lowest BCUT2D eigenvalue weighted by Gasteiger charge is -2.33. The lowest BCUT2D eigenvalue weighted by Crippen LogP contribution is -2.39. The summed E-state index contributed by atoms with van der Waals surface area (Å²) in [5.74, 6) is 0.769. The molecule has 1 aliphatic heterocycles. The maximum atomic E-state index is 10.6. The molecule has 1 aromatic carbocycles. The van der Waals surface area contributed by atoms with E-state index in [2.05, 4.69) is 0 Å². The summed E-state index contributed by atoms with van der Waals surface area (Å²) in [4.78, 5) is 1.04. The Labute approximate surface area is 99.3 Å². The number of nitrogens with one attached hydrogen (secondary N) is 1. The Hall–Kier alpha value is -1.00. The molecule has 0 radical (unpaired) electrons.